The molecule has 0 saturated carbocycles. The number of rotatable bonds is 2. The van der Waals surface area contributed by atoms with Crippen molar-refractivity contribution in [1.82, 2.24) is 9.78 Å². The van der Waals surface area contributed by atoms with E-state index >= 15 is 0 Å². The van der Waals surface area contributed by atoms with Gasteiger partial charge in [-0.05, 0) is 46.2 Å². The lowest BCUT2D eigenvalue weighted by Crippen LogP contribution is -2.18. The third-order valence-corrected chi connectivity index (χ3v) is 4.54. The summed E-state index contributed by atoms with van der Waals surface area (Å²) >= 11 is 5.34. The highest BCUT2D eigenvalue weighted by atomic mass is 79.9. The molecule has 1 N–H and O–H groups in total. The molecule has 1 aliphatic heterocycles. The normalized spacial score (nSPS) is 22.5. The van der Waals surface area contributed by atoms with Crippen LogP contribution in [0.3, 0.4) is 0 Å². The fraction of sp³-hybridized carbons (Fsp3) is 0.667. The molecule has 1 saturated heterocycles. The van der Waals surface area contributed by atoms with Crippen molar-refractivity contribution in [2.75, 3.05) is 11.5 Å². The Hall–Kier alpha value is -0.160. The van der Waals surface area contributed by atoms with E-state index in [0.29, 0.717) is 10.5 Å². The van der Waals surface area contributed by atoms with Crippen molar-refractivity contribution < 1.29 is 5.11 Å². The van der Waals surface area contributed by atoms with Gasteiger partial charge in [-0.3, -0.25) is 4.68 Å². The molecular weight excluding hydrogens is 264 g/mol. The Morgan fingerprint density at radius 2 is 2.57 bits per heavy atom. The first-order chi connectivity index (χ1) is 6.77. The molecule has 0 amide bonds. The van der Waals surface area contributed by atoms with E-state index in [1.165, 1.54) is 30.5 Å². The lowest BCUT2D eigenvalue weighted by molar-refractivity contribution is 0.411. The van der Waals surface area contributed by atoms with Crippen LogP contribution < -0.4 is 0 Å². The highest BCUT2D eigenvalue weighted by Gasteiger charge is 2.16. The molecule has 1 atom stereocenters. The minimum absolute atomic E-state index is 0.230. The molecule has 0 spiro atoms. The largest absolute Gasteiger partial charge is 0.504 e. The van der Waals surface area contributed by atoms with E-state index in [9.17, 15) is 5.11 Å². The van der Waals surface area contributed by atoms with E-state index in [1.54, 1.807) is 0 Å². The number of hydrogen-bond donors (Lipinski definition) is 1. The van der Waals surface area contributed by atoms with Gasteiger partial charge in [0.05, 0.1) is 6.20 Å². The molecule has 2 heterocycles. The van der Waals surface area contributed by atoms with Gasteiger partial charge in [0.15, 0.2) is 5.75 Å². The molecule has 1 aromatic heterocycles. The smallest absolute Gasteiger partial charge is 0.168 e. The van der Waals surface area contributed by atoms with Crippen molar-refractivity contribution in [1.29, 1.82) is 0 Å². The van der Waals surface area contributed by atoms with E-state index < -0.39 is 0 Å². The summed E-state index contributed by atoms with van der Waals surface area (Å²) in [5.41, 5.74) is 0. The zero-order valence-electron chi connectivity index (χ0n) is 7.82. The molecular formula is C9H13BrN2OS. The van der Waals surface area contributed by atoms with Gasteiger partial charge in [-0.15, -0.1) is 0 Å². The zero-order valence-corrected chi connectivity index (χ0v) is 10.2. The van der Waals surface area contributed by atoms with Crippen molar-refractivity contribution in [2.45, 2.75) is 19.4 Å². The maximum Gasteiger partial charge on any atom is 0.168 e. The third kappa shape index (κ3) is 2.25. The van der Waals surface area contributed by atoms with Crippen molar-refractivity contribution in [3.05, 3.63) is 10.8 Å². The van der Waals surface area contributed by atoms with Crippen LogP contribution in [0.15, 0.2) is 10.8 Å². The maximum absolute atomic E-state index is 9.33. The highest BCUT2D eigenvalue weighted by molar-refractivity contribution is 9.10. The Bertz CT molecular complexity index is 310. The van der Waals surface area contributed by atoms with E-state index in [1.807, 2.05) is 16.4 Å². The summed E-state index contributed by atoms with van der Waals surface area (Å²) in [5.74, 6) is 3.44. The molecule has 1 unspecified atom stereocenters. The second-order valence-corrected chi connectivity index (χ2v) is 5.49. The number of aromatic hydroxyl groups is 1. The van der Waals surface area contributed by atoms with Gasteiger partial charge < -0.3 is 5.11 Å². The molecule has 5 heteroatoms. The SMILES string of the molecule is Oc1cnn(CC2CCCSC2)c1Br. The molecule has 78 valence electrons. The van der Waals surface area contributed by atoms with Gasteiger partial charge in [0.25, 0.3) is 0 Å². The summed E-state index contributed by atoms with van der Waals surface area (Å²) in [4.78, 5) is 0. The molecule has 0 aliphatic carbocycles. The number of thioether (sulfide) groups is 1. The van der Waals surface area contributed by atoms with Crippen LogP contribution in [0.4, 0.5) is 0 Å². The van der Waals surface area contributed by atoms with Gasteiger partial charge in [-0.1, -0.05) is 0 Å². The van der Waals surface area contributed by atoms with Crippen LogP contribution in [0.5, 0.6) is 5.75 Å². The van der Waals surface area contributed by atoms with Crippen LogP contribution in [0, 0.1) is 5.92 Å². The lowest BCUT2D eigenvalue weighted by atomic mass is 10.1. The summed E-state index contributed by atoms with van der Waals surface area (Å²) in [6.07, 6.45) is 4.07. The van der Waals surface area contributed by atoms with Crippen LogP contribution in [0.25, 0.3) is 0 Å². The highest BCUT2D eigenvalue weighted by Crippen LogP contribution is 2.27. The maximum atomic E-state index is 9.33. The van der Waals surface area contributed by atoms with E-state index in [0.717, 1.165) is 6.54 Å². The van der Waals surface area contributed by atoms with Crippen LogP contribution >= 0.6 is 27.7 Å². The molecule has 0 radical (unpaired) electrons. The number of aromatic nitrogens is 2. The Labute approximate surface area is 96.0 Å². The van der Waals surface area contributed by atoms with Gasteiger partial charge in [0.1, 0.15) is 4.60 Å². The summed E-state index contributed by atoms with van der Waals surface area (Å²) in [5, 5.41) is 13.5. The first-order valence-corrected chi connectivity index (χ1v) is 6.70. The molecule has 0 bridgehead atoms. The zero-order chi connectivity index (χ0) is 9.97. The topological polar surface area (TPSA) is 38.1 Å². The predicted molar refractivity (Wildman–Crippen MR) is 61.6 cm³/mol. The molecule has 0 aromatic carbocycles. The Morgan fingerprint density at radius 1 is 1.71 bits per heavy atom. The number of halogens is 1. The third-order valence-electron chi connectivity index (χ3n) is 2.44. The lowest BCUT2D eigenvalue weighted by Gasteiger charge is -2.21. The van der Waals surface area contributed by atoms with Crippen molar-refractivity contribution in [3.8, 4) is 5.75 Å². The standard InChI is InChI=1S/C9H13BrN2OS/c10-9-8(13)4-11-12(9)5-7-2-1-3-14-6-7/h4,7,13H,1-3,5-6H2. The van der Waals surface area contributed by atoms with Gasteiger partial charge >= 0.3 is 0 Å². The second-order valence-electron chi connectivity index (χ2n) is 3.59. The van der Waals surface area contributed by atoms with E-state index in [-0.39, 0.29) is 5.75 Å². The van der Waals surface area contributed by atoms with Crippen LogP contribution in [-0.4, -0.2) is 26.4 Å². The van der Waals surface area contributed by atoms with Crippen molar-refractivity contribution in [3.63, 3.8) is 0 Å². The summed E-state index contributed by atoms with van der Waals surface area (Å²) in [6.45, 7) is 0.911. The summed E-state index contributed by atoms with van der Waals surface area (Å²) in [6, 6.07) is 0. The molecule has 1 fully saturated rings. The van der Waals surface area contributed by atoms with Crippen LogP contribution in [-0.2, 0) is 6.54 Å². The Balaban J connectivity index is 1.99. The average molecular weight is 277 g/mol. The molecule has 3 nitrogen and oxygen atoms in total. The molecule has 14 heavy (non-hydrogen) atoms. The summed E-state index contributed by atoms with van der Waals surface area (Å²) < 4.78 is 2.54. The quantitative estimate of drug-likeness (QED) is 0.902. The van der Waals surface area contributed by atoms with Gasteiger partial charge in [-0.25, -0.2) is 0 Å². The Kier molecular flexibility index (Phi) is 3.38. The van der Waals surface area contributed by atoms with Gasteiger partial charge in [0, 0.05) is 6.54 Å². The first-order valence-electron chi connectivity index (χ1n) is 4.75. The first kappa shape index (κ1) is 10.4. The fourth-order valence-electron chi connectivity index (χ4n) is 1.68. The number of hydrogen-bond acceptors (Lipinski definition) is 3. The predicted octanol–water partition coefficient (Wildman–Crippen LogP) is 2.49. The van der Waals surface area contributed by atoms with Crippen molar-refractivity contribution >= 4 is 27.7 Å². The van der Waals surface area contributed by atoms with Crippen LogP contribution in [0.2, 0.25) is 0 Å². The van der Waals surface area contributed by atoms with E-state index in [4.69, 9.17) is 0 Å². The molecule has 1 aromatic rings. The van der Waals surface area contributed by atoms with Gasteiger partial charge in [-0.2, -0.15) is 16.9 Å². The molecule has 1 aliphatic rings. The van der Waals surface area contributed by atoms with E-state index in [2.05, 4.69) is 21.0 Å². The average Bonchev–Trinajstić information content (AvgIpc) is 2.52. The van der Waals surface area contributed by atoms with Crippen molar-refractivity contribution in [2.24, 2.45) is 5.92 Å². The summed E-state index contributed by atoms with van der Waals surface area (Å²) in [7, 11) is 0. The minimum Gasteiger partial charge on any atom is -0.504 e. The van der Waals surface area contributed by atoms with Gasteiger partial charge in [0.2, 0.25) is 0 Å². The monoisotopic (exact) mass is 276 g/mol. The van der Waals surface area contributed by atoms with Crippen LogP contribution in [0.1, 0.15) is 12.8 Å². The minimum atomic E-state index is 0.230. The molecule has 2 rings (SSSR count). The second kappa shape index (κ2) is 4.57. The fourth-order valence-corrected chi connectivity index (χ4v) is 3.17. The Morgan fingerprint density at radius 3 is 3.14 bits per heavy atom. The number of nitrogens with zero attached hydrogens (tertiary/aromatic N) is 2.